The normalized spacial score (nSPS) is 48.6. The first-order valence-electron chi connectivity index (χ1n) is 11.7. The number of ether oxygens (including phenoxy) is 2. The Kier molecular flexibility index (Phi) is 5.36. The van der Waals surface area contributed by atoms with E-state index < -0.39 is 0 Å². The second kappa shape index (κ2) is 7.42. The summed E-state index contributed by atoms with van der Waals surface area (Å²) in [6, 6.07) is 0. The Morgan fingerprint density at radius 3 is 2.17 bits per heavy atom. The number of hydrogen-bond donors (Lipinski definition) is 0. The summed E-state index contributed by atoms with van der Waals surface area (Å²) in [6.45, 7) is 12.1. The van der Waals surface area contributed by atoms with E-state index in [1.54, 1.807) is 0 Å². The molecule has 0 spiro atoms. The molecule has 0 radical (unpaired) electrons. The van der Waals surface area contributed by atoms with E-state index in [1.165, 1.54) is 39.5 Å². The van der Waals surface area contributed by atoms with Gasteiger partial charge in [0, 0.05) is 19.8 Å². The van der Waals surface area contributed by atoms with E-state index in [2.05, 4.69) is 26.5 Å². The number of esters is 2. The highest BCUT2D eigenvalue weighted by Crippen LogP contribution is 2.67. The van der Waals surface area contributed by atoms with Gasteiger partial charge in [-0.25, -0.2) is 0 Å². The fourth-order valence-electron chi connectivity index (χ4n) is 8.35. The summed E-state index contributed by atoms with van der Waals surface area (Å²) in [6.07, 6.45) is 11.0. The van der Waals surface area contributed by atoms with Crippen LogP contribution in [0.2, 0.25) is 0 Å². The summed E-state index contributed by atoms with van der Waals surface area (Å²) in [5, 5.41) is 0. The van der Waals surface area contributed by atoms with Crippen molar-refractivity contribution in [2.75, 3.05) is 0 Å². The first kappa shape index (κ1) is 20.9. The van der Waals surface area contributed by atoms with E-state index in [-0.39, 0.29) is 35.5 Å². The van der Waals surface area contributed by atoms with Crippen LogP contribution < -0.4 is 0 Å². The second-order valence-electron chi connectivity index (χ2n) is 10.8. The smallest absolute Gasteiger partial charge is 0.302 e. The maximum absolute atomic E-state index is 12.0. The molecule has 9 atom stereocenters. The van der Waals surface area contributed by atoms with Crippen LogP contribution in [0.25, 0.3) is 0 Å². The van der Waals surface area contributed by atoms with Crippen molar-refractivity contribution < 1.29 is 19.1 Å². The Hall–Kier alpha value is -1.32. The van der Waals surface area contributed by atoms with Crippen molar-refractivity contribution in [2.45, 2.75) is 91.3 Å². The molecule has 9 unspecified atom stereocenters. The van der Waals surface area contributed by atoms with Crippen LogP contribution in [0.5, 0.6) is 0 Å². The number of carbonyl (C=O) groups is 2. The van der Waals surface area contributed by atoms with E-state index in [4.69, 9.17) is 9.47 Å². The maximum Gasteiger partial charge on any atom is 0.302 e. The average Bonchev–Trinajstić information content (AvgIpc) is 2.98. The van der Waals surface area contributed by atoms with Gasteiger partial charge in [0.05, 0.1) is 0 Å². The Balaban J connectivity index is 1.64. The van der Waals surface area contributed by atoms with Gasteiger partial charge in [0.1, 0.15) is 12.2 Å². The summed E-state index contributed by atoms with van der Waals surface area (Å²) in [4.78, 5) is 23.5. The van der Waals surface area contributed by atoms with Crippen LogP contribution in [0.1, 0.15) is 79.1 Å². The summed E-state index contributed by atoms with van der Waals surface area (Å²) < 4.78 is 11.6. The molecule has 0 N–H and O–H groups in total. The Labute approximate surface area is 175 Å². The van der Waals surface area contributed by atoms with Crippen LogP contribution in [0.3, 0.4) is 0 Å². The number of carbonyl (C=O) groups excluding carboxylic acids is 2. The first-order chi connectivity index (χ1) is 13.7. The number of allylic oxidation sites excluding steroid dienone is 1. The number of hydrogen-bond acceptors (Lipinski definition) is 4. The van der Waals surface area contributed by atoms with Gasteiger partial charge in [-0.3, -0.25) is 9.59 Å². The molecule has 4 nitrogen and oxygen atoms in total. The van der Waals surface area contributed by atoms with E-state index in [0.29, 0.717) is 29.1 Å². The van der Waals surface area contributed by atoms with Crippen LogP contribution in [0.4, 0.5) is 0 Å². The molecule has 4 aliphatic carbocycles. The zero-order chi connectivity index (χ0) is 21.0. The minimum absolute atomic E-state index is 0.0364. The van der Waals surface area contributed by atoms with Gasteiger partial charge >= 0.3 is 11.9 Å². The summed E-state index contributed by atoms with van der Waals surface area (Å²) in [5.41, 5.74) is 0.509. The zero-order valence-electron chi connectivity index (χ0n) is 18.6. The SMILES string of the molecule is C=CC1CCC2C3CC(OC(C)=O)C4CC(OC(C)=O)CCC4(C)C3CCC12C. The summed E-state index contributed by atoms with van der Waals surface area (Å²) in [5.74, 6) is 2.52. The molecular formula is C25H38O4. The van der Waals surface area contributed by atoms with Crippen LogP contribution in [0.15, 0.2) is 12.7 Å². The molecule has 0 aromatic heterocycles. The third-order valence-electron chi connectivity index (χ3n) is 9.61. The van der Waals surface area contributed by atoms with Gasteiger partial charge in [-0.2, -0.15) is 0 Å². The van der Waals surface area contributed by atoms with E-state index in [0.717, 1.165) is 25.7 Å². The molecule has 4 fully saturated rings. The van der Waals surface area contributed by atoms with Crippen molar-refractivity contribution in [1.29, 1.82) is 0 Å². The van der Waals surface area contributed by atoms with Crippen molar-refractivity contribution in [3.8, 4) is 0 Å². The fraction of sp³-hybridized carbons (Fsp3) is 0.840. The fourth-order valence-corrected chi connectivity index (χ4v) is 8.35. The highest BCUT2D eigenvalue weighted by Gasteiger charge is 2.62. The zero-order valence-corrected chi connectivity index (χ0v) is 18.6. The Bertz CT molecular complexity index is 686. The Morgan fingerprint density at radius 1 is 0.862 bits per heavy atom. The van der Waals surface area contributed by atoms with Crippen LogP contribution in [-0.4, -0.2) is 24.1 Å². The van der Waals surface area contributed by atoms with Crippen molar-refractivity contribution in [2.24, 2.45) is 40.4 Å². The molecule has 4 saturated carbocycles. The van der Waals surface area contributed by atoms with Crippen LogP contribution >= 0.6 is 0 Å². The quantitative estimate of drug-likeness (QED) is 0.474. The average molecular weight is 403 g/mol. The van der Waals surface area contributed by atoms with E-state index >= 15 is 0 Å². The van der Waals surface area contributed by atoms with Crippen molar-refractivity contribution in [1.82, 2.24) is 0 Å². The minimum Gasteiger partial charge on any atom is -0.463 e. The van der Waals surface area contributed by atoms with Crippen LogP contribution in [-0.2, 0) is 19.1 Å². The summed E-state index contributed by atoms with van der Waals surface area (Å²) >= 11 is 0. The first-order valence-corrected chi connectivity index (χ1v) is 11.7. The number of fused-ring (bicyclic) bond motifs is 5. The Morgan fingerprint density at radius 2 is 1.52 bits per heavy atom. The molecule has 0 heterocycles. The maximum atomic E-state index is 12.0. The highest BCUT2D eigenvalue weighted by atomic mass is 16.5. The van der Waals surface area contributed by atoms with Gasteiger partial charge in [-0.15, -0.1) is 6.58 Å². The molecule has 29 heavy (non-hydrogen) atoms. The molecule has 0 aromatic rings. The molecule has 0 aromatic carbocycles. The second-order valence-corrected chi connectivity index (χ2v) is 10.8. The van der Waals surface area contributed by atoms with Crippen molar-refractivity contribution >= 4 is 11.9 Å². The molecule has 4 rings (SSSR count). The standard InChI is InChI=1S/C25H38O4/c1-6-17-7-8-20-19-14-23(29-16(3)27)22-13-18(28-15(2)26)9-11-25(22,5)21(19)10-12-24(17,20)4/h6,17-23H,1,7-14H2,2-5H3. The molecule has 162 valence electrons. The van der Waals surface area contributed by atoms with Gasteiger partial charge in [-0.05, 0) is 85.9 Å². The lowest BCUT2D eigenvalue weighted by Crippen LogP contribution is -2.59. The lowest BCUT2D eigenvalue weighted by molar-refractivity contribution is -0.195. The molecule has 0 aliphatic heterocycles. The minimum atomic E-state index is -0.203. The van der Waals surface area contributed by atoms with Gasteiger partial charge < -0.3 is 9.47 Å². The molecule has 0 saturated heterocycles. The van der Waals surface area contributed by atoms with Gasteiger partial charge in [0.25, 0.3) is 0 Å². The predicted octanol–water partition coefficient (Wildman–Crippen LogP) is 5.30. The monoisotopic (exact) mass is 402 g/mol. The number of rotatable bonds is 3. The topological polar surface area (TPSA) is 52.6 Å². The third kappa shape index (κ3) is 3.35. The molecule has 4 heteroatoms. The third-order valence-corrected chi connectivity index (χ3v) is 9.61. The molecule has 4 aliphatic rings. The largest absolute Gasteiger partial charge is 0.463 e. The lowest BCUT2D eigenvalue weighted by atomic mass is 9.44. The lowest BCUT2D eigenvalue weighted by Gasteiger charge is -2.62. The van der Waals surface area contributed by atoms with E-state index in [1.807, 2.05) is 0 Å². The van der Waals surface area contributed by atoms with Crippen molar-refractivity contribution in [3.63, 3.8) is 0 Å². The van der Waals surface area contributed by atoms with Gasteiger partial charge in [0.15, 0.2) is 0 Å². The molecular weight excluding hydrogens is 364 g/mol. The highest BCUT2D eigenvalue weighted by molar-refractivity contribution is 5.66. The van der Waals surface area contributed by atoms with Crippen LogP contribution in [0, 0.1) is 40.4 Å². The van der Waals surface area contributed by atoms with Gasteiger partial charge in [-0.1, -0.05) is 19.9 Å². The van der Waals surface area contributed by atoms with Crippen molar-refractivity contribution in [3.05, 3.63) is 12.7 Å². The predicted molar refractivity (Wildman–Crippen MR) is 112 cm³/mol. The van der Waals surface area contributed by atoms with Gasteiger partial charge in [0.2, 0.25) is 0 Å². The van der Waals surface area contributed by atoms with E-state index in [9.17, 15) is 9.59 Å². The molecule has 0 bridgehead atoms. The molecule has 0 amide bonds. The summed E-state index contributed by atoms with van der Waals surface area (Å²) in [7, 11) is 0.